The molecule has 1 aromatic carbocycles. The molecule has 9 heteroatoms. The number of carboxylic acids is 1. The molecule has 0 saturated carbocycles. The highest BCUT2D eigenvalue weighted by Crippen LogP contribution is 2.22. The third-order valence-electron chi connectivity index (χ3n) is 4.01. The first-order valence-corrected chi connectivity index (χ1v) is 7.95. The van der Waals surface area contributed by atoms with E-state index >= 15 is 0 Å². The van der Waals surface area contributed by atoms with E-state index in [4.69, 9.17) is 0 Å². The number of nitro groups is 1. The normalized spacial score (nSPS) is 11.8. The number of carboxylic acid groups (broad SMARTS) is 1. The summed E-state index contributed by atoms with van der Waals surface area (Å²) in [7, 11) is 1.43. The van der Waals surface area contributed by atoms with Gasteiger partial charge >= 0.3 is 11.7 Å². The molecule has 138 valence electrons. The van der Waals surface area contributed by atoms with Gasteiger partial charge in [0.2, 0.25) is 5.69 Å². The van der Waals surface area contributed by atoms with Gasteiger partial charge in [0, 0.05) is 13.6 Å². The van der Waals surface area contributed by atoms with Gasteiger partial charge in [-0.1, -0.05) is 29.8 Å². The molecule has 2 N–H and O–H groups in total. The molecular weight excluding hydrogens is 340 g/mol. The second kappa shape index (κ2) is 7.77. The molecule has 0 spiro atoms. The fraction of sp³-hybridized carbons (Fsp3) is 0.353. The van der Waals surface area contributed by atoms with Crippen LogP contribution < -0.4 is 5.32 Å². The number of hydrogen-bond donors (Lipinski definition) is 2. The summed E-state index contributed by atoms with van der Waals surface area (Å²) in [4.78, 5) is 34.4. The minimum absolute atomic E-state index is 0.122. The first-order chi connectivity index (χ1) is 12.2. The lowest BCUT2D eigenvalue weighted by atomic mass is 9.98. The standard InChI is InChI=1S/C17H20N4O5/c1-10-5-4-6-12(7-10)8-13(17(23)24)9-18-16(22)15-14(21(25)26)11(2)19-20(15)3/h4-7,13H,8-9H2,1-3H3,(H,18,22)(H,23,24). The maximum absolute atomic E-state index is 12.4. The Labute approximate surface area is 149 Å². The Bertz CT molecular complexity index is 859. The van der Waals surface area contributed by atoms with Gasteiger partial charge in [0.15, 0.2) is 0 Å². The highest BCUT2D eigenvalue weighted by molar-refractivity contribution is 5.97. The van der Waals surface area contributed by atoms with Gasteiger partial charge in [0.25, 0.3) is 5.91 Å². The van der Waals surface area contributed by atoms with Crippen LogP contribution in [0.25, 0.3) is 0 Å². The largest absolute Gasteiger partial charge is 0.481 e. The molecule has 0 aliphatic carbocycles. The Morgan fingerprint density at radius 2 is 2.08 bits per heavy atom. The monoisotopic (exact) mass is 360 g/mol. The summed E-state index contributed by atoms with van der Waals surface area (Å²) in [5.74, 6) is -2.63. The fourth-order valence-corrected chi connectivity index (χ4v) is 2.79. The fourth-order valence-electron chi connectivity index (χ4n) is 2.79. The smallest absolute Gasteiger partial charge is 0.322 e. The molecule has 0 bridgehead atoms. The van der Waals surface area contributed by atoms with E-state index in [0.29, 0.717) is 0 Å². The minimum Gasteiger partial charge on any atom is -0.481 e. The summed E-state index contributed by atoms with van der Waals surface area (Å²) in [6.07, 6.45) is 0.240. The zero-order chi connectivity index (χ0) is 19.4. The minimum atomic E-state index is -1.05. The average molecular weight is 360 g/mol. The molecule has 26 heavy (non-hydrogen) atoms. The van der Waals surface area contributed by atoms with E-state index in [1.807, 2.05) is 31.2 Å². The molecule has 0 radical (unpaired) electrons. The van der Waals surface area contributed by atoms with Crippen molar-refractivity contribution in [2.45, 2.75) is 20.3 Å². The lowest BCUT2D eigenvalue weighted by Gasteiger charge is -2.14. The van der Waals surface area contributed by atoms with Crippen LogP contribution in [-0.2, 0) is 18.3 Å². The molecular formula is C17H20N4O5. The maximum atomic E-state index is 12.4. The van der Waals surface area contributed by atoms with E-state index in [9.17, 15) is 24.8 Å². The van der Waals surface area contributed by atoms with E-state index in [-0.39, 0.29) is 30.0 Å². The van der Waals surface area contributed by atoms with Crippen LogP contribution in [0.15, 0.2) is 24.3 Å². The van der Waals surface area contributed by atoms with Crippen molar-refractivity contribution in [2.75, 3.05) is 6.54 Å². The Hall–Kier alpha value is -3.23. The van der Waals surface area contributed by atoms with Crippen LogP contribution in [0.1, 0.15) is 27.3 Å². The van der Waals surface area contributed by atoms with E-state index < -0.39 is 22.7 Å². The number of nitrogens with one attached hydrogen (secondary N) is 1. The first kappa shape index (κ1) is 19.1. The number of aryl methyl sites for hydroxylation is 3. The Balaban J connectivity index is 2.13. The van der Waals surface area contributed by atoms with Crippen LogP contribution in [0.5, 0.6) is 0 Å². The Morgan fingerprint density at radius 1 is 1.38 bits per heavy atom. The lowest BCUT2D eigenvalue weighted by molar-refractivity contribution is -0.385. The maximum Gasteiger partial charge on any atom is 0.322 e. The number of carbonyl (C=O) groups excluding carboxylic acids is 1. The topological polar surface area (TPSA) is 127 Å². The van der Waals surface area contributed by atoms with Gasteiger partial charge < -0.3 is 10.4 Å². The van der Waals surface area contributed by atoms with Crippen molar-refractivity contribution in [1.29, 1.82) is 0 Å². The number of hydrogen-bond acceptors (Lipinski definition) is 5. The Kier molecular flexibility index (Phi) is 5.71. The lowest BCUT2D eigenvalue weighted by Crippen LogP contribution is -2.35. The van der Waals surface area contributed by atoms with Crippen LogP contribution in [0, 0.1) is 29.9 Å². The van der Waals surface area contributed by atoms with Gasteiger partial charge in [0.1, 0.15) is 5.69 Å². The number of amides is 1. The number of benzene rings is 1. The molecule has 0 aliphatic rings. The molecule has 1 heterocycles. The summed E-state index contributed by atoms with van der Waals surface area (Å²) >= 11 is 0. The Morgan fingerprint density at radius 3 is 2.65 bits per heavy atom. The SMILES string of the molecule is Cc1cccc(CC(CNC(=O)c2c([N+](=O)[O-])c(C)nn2C)C(=O)O)c1. The van der Waals surface area contributed by atoms with E-state index in [0.717, 1.165) is 15.8 Å². The number of aliphatic carboxylic acids is 1. The van der Waals surface area contributed by atoms with Gasteiger partial charge in [-0.05, 0) is 25.8 Å². The highest BCUT2D eigenvalue weighted by Gasteiger charge is 2.30. The zero-order valence-electron chi connectivity index (χ0n) is 14.7. The molecule has 9 nitrogen and oxygen atoms in total. The van der Waals surface area contributed by atoms with Gasteiger partial charge in [-0.2, -0.15) is 5.10 Å². The van der Waals surface area contributed by atoms with Crippen LogP contribution in [0.2, 0.25) is 0 Å². The van der Waals surface area contributed by atoms with Crippen molar-refractivity contribution in [2.24, 2.45) is 13.0 Å². The summed E-state index contributed by atoms with van der Waals surface area (Å²) in [6.45, 7) is 3.20. The van der Waals surface area contributed by atoms with Crippen LogP contribution in [-0.4, -0.2) is 38.2 Å². The van der Waals surface area contributed by atoms with Crippen LogP contribution in [0.4, 0.5) is 5.69 Å². The van der Waals surface area contributed by atoms with Crippen molar-refractivity contribution >= 4 is 17.6 Å². The molecule has 1 unspecified atom stereocenters. The predicted octanol–water partition coefficient (Wildman–Crippen LogP) is 1.62. The van der Waals surface area contributed by atoms with Crippen molar-refractivity contribution in [3.8, 4) is 0 Å². The van der Waals surface area contributed by atoms with Crippen molar-refractivity contribution in [3.63, 3.8) is 0 Å². The number of rotatable bonds is 7. The number of aromatic nitrogens is 2. The predicted molar refractivity (Wildman–Crippen MR) is 92.9 cm³/mol. The first-order valence-electron chi connectivity index (χ1n) is 7.95. The molecule has 0 aliphatic heterocycles. The second-order valence-electron chi connectivity index (χ2n) is 6.10. The molecule has 2 aromatic rings. The average Bonchev–Trinajstić information content (AvgIpc) is 2.85. The van der Waals surface area contributed by atoms with Gasteiger partial charge in [0.05, 0.1) is 10.8 Å². The second-order valence-corrected chi connectivity index (χ2v) is 6.10. The van der Waals surface area contributed by atoms with E-state index in [1.54, 1.807) is 0 Å². The molecule has 0 saturated heterocycles. The van der Waals surface area contributed by atoms with Crippen molar-refractivity contribution in [3.05, 3.63) is 56.9 Å². The van der Waals surface area contributed by atoms with Gasteiger partial charge in [-0.25, -0.2) is 0 Å². The molecule has 1 atom stereocenters. The third kappa shape index (κ3) is 4.24. The summed E-state index contributed by atoms with van der Waals surface area (Å²) in [5, 5.41) is 26.9. The quantitative estimate of drug-likeness (QED) is 0.570. The van der Waals surface area contributed by atoms with Crippen LogP contribution >= 0.6 is 0 Å². The van der Waals surface area contributed by atoms with Crippen LogP contribution in [0.3, 0.4) is 0 Å². The molecule has 1 aromatic heterocycles. The van der Waals surface area contributed by atoms with Crippen molar-refractivity contribution < 1.29 is 19.6 Å². The molecule has 0 fully saturated rings. The van der Waals surface area contributed by atoms with E-state index in [1.165, 1.54) is 14.0 Å². The molecule has 1 amide bonds. The number of carbonyl (C=O) groups is 2. The third-order valence-corrected chi connectivity index (χ3v) is 4.01. The summed E-state index contributed by atoms with van der Waals surface area (Å²) in [6, 6.07) is 7.45. The van der Waals surface area contributed by atoms with Gasteiger partial charge in [-0.3, -0.25) is 24.4 Å². The highest BCUT2D eigenvalue weighted by atomic mass is 16.6. The molecule has 2 rings (SSSR count). The van der Waals surface area contributed by atoms with Crippen molar-refractivity contribution in [1.82, 2.24) is 15.1 Å². The van der Waals surface area contributed by atoms with E-state index in [2.05, 4.69) is 10.4 Å². The van der Waals surface area contributed by atoms with Gasteiger partial charge in [-0.15, -0.1) is 0 Å². The number of nitrogens with zero attached hydrogens (tertiary/aromatic N) is 3. The zero-order valence-corrected chi connectivity index (χ0v) is 14.7. The summed E-state index contributed by atoms with van der Waals surface area (Å²) in [5.41, 5.74) is 1.39. The summed E-state index contributed by atoms with van der Waals surface area (Å²) < 4.78 is 1.12.